The minimum atomic E-state index is -0.382. The van der Waals surface area contributed by atoms with E-state index in [9.17, 15) is 19.8 Å². The maximum Gasteiger partial charge on any atom is 0.258 e. The topological polar surface area (TPSA) is 81.1 Å². The van der Waals surface area contributed by atoms with Gasteiger partial charge in [-0.3, -0.25) is 9.59 Å². The Morgan fingerprint density at radius 3 is 2.30 bits per heavy atom. The molecule has 0 saturated heterocycles. The SMILES string of the molecule is CCCCN(C)C(=O)c1cc(C(=O)N2Cc3ccc(-c4ccccc4)cc3C2)c(O)cc1O. The molecule has 0 radical (unpaired) electrons. The van der Waals surface area contributed by atoms with Gasteiger partial charge in [0.25, 0.3) is 11.8 Å². The first-order valence-corrected chi connectivity index (χ1v) is 11.2. The Hall–Kier alpha value is -3.80. The van der Waals surface area contributed by atoms with E-state index in [-0.39, 0.29) is 34.4 Å². The molecule has 1 aliphatic heterocycles. The number of hydrogen-bond donors (Lipinski definition) is 2. The normalized spacial score (nSPS) is 12.5. The molecule has 0 aliphatic carbocycles. The van der Waals surface area contributed by atoms with Crippen LogP contribution < -0.4 is 0 Å². The smallest absolute Gasteiger partial charge is 0.258 e. The van der Waals surface area contributed by atoms with Crippen molar-refractivity contribution in [3.05, 3.63) is 82.9 Å². The molecule has 1 heterocycles. The highest BCUT2D eigenvalue weighted by Gasteiger charge is 2.28. The zero-order chi connectivity index (χ0) is 23.5. The number of phenolic OH excluding ortho intramolecular Hbond substituents is 2. The summed E-state index contributed by atoms with van der Waals surface area (Å²) in [5, 5.41) is 20.6. The first-order valence-electron chi connectivity index (χ1n) is 11.2. The number of rotatable bonds is 6. The molecule has 1 aliphatic rings. The third-order valence-electron chi connectivity index (χ3n) is 6.09. The fourth-order valence-corrected chi connectivity index (χ4v) is 4.14. The van der Waals surface area contributed by atoms with Crippen molar-refractivity contribution in [2.24, 2.45) is 0 Å². The van der Waals surface area contributed by atoms with Gasteiger partial charge in [-0.15, -0.1) is 0 Å². The highest BCUT2D eigenvalue weighted by atomic mass is 16.3. The Bertz CT molecular complexity index is 1190. The first-order chi connectivity index (χ1) is 15.9. The molecule has 0 bridgehead atoms. The Morgan fingerprint density at radius 2 is 1.58 bits per heavy atom. The fourth-order valence-electron chi connectivity index (χ4n) is 4.14. The standard InChI is InChI=1S/C27H28N2O4/c1-3-4-12-28(2)26(32)22-14-23(25(31)15-24(22)30)27(33)29-16-20-11-10-19(13-21(20)17-29)18-8-6-5-7-9-18/h5-11,13-15,30-31H,3-4,12,16-17H2,1-2H3. The van der Waals surface area contributed by atoms with Crippen LogP contribution in [0.4, 0.5) is 0 Å². The maximum atomic E-state index is 13.3. The molecule has 2 amide bonds. The number of amides is 2. The number of benzene rings is 3. The number of carbonyl (C=O) groups excluding carboxylic acids is 2. The van der Waals surface area contributed by atoms with Crippen molar-refractivity contribution < 1.29 is 19.8 Å². The predicted molar refractivity (Wildman–Crippen MR) is 127 cm³/mol. The van der Waals surface area contributed by atoms with E-state index in [0.29, 0.717) is 19.6 Å². The average molecular weight is 445 g/mol. The molecule has 0 aromatic heterocycles. The van der Waals surface area contributed by atoms with E-state index >= 15 is 0 Å². The van der Waals surface area contributed by atoms with Crippen LogP contribution in [0.1, 0.15) is 51.6 Å². The number of phenols is 2. The average Bonchev–Trinajstić information content (AvgIpc) is 3.26. The molecule has 0 spiro atoms. The molecule has 33 heavy (non-hydrogen) atoms. The van der Waals surface area contributed by atoms with E-state index in [0.717, 1.165) is 41.2 Å². The third-order valence-corrected chi connectivity index (χ3v) is 6.09. The summed E-state index contributed by atoms with van der Waals surface area (Å²) < 4.78 is 0. The minimum absolute atomic E-state index is 0.0103. The summed E-state index contributed by atoms with van der Waals surface area (Å²) in [4.78, 5) is 29.2. The van der Waals surface area contributed by atoms with Gasteiger partial charge in [-0.2, -0.15) is 0 Å². The summed E-state index contributed by atoms with van der Waals surface area (Å²) in [5.74, 6) is -1.44. The lowest BCUT2D eigenvalue weighted by Gasteiger charge is -2.20. The second-order valence-electron chi connectivity index (χ2n) is 8.48. The van der Waals surface area contributed by atoms with Crippen LogP contribution in [0.3, 0.4) is 0 Å². The molecule has 170 valence electrons. The van der Waals surface area contributed by atoms with Gasteiger partial charge in [0.2, 0.25) is 0 Å². The van der Waals surface area contributed by atoms with Crippen LogP contribution in [0.25, 0.3) is 11.1 Å². The van der Waals surface area contributed by atoms with Crippen LogP contribution in [-0.4, -0.2) is 45.4 Å². The number of aromatic hydroxyl groups is 2. The second kappa shape index (κ2) is 9.36. The second-order valence-corrected chi connectivity index (χ2v) is 8.48. The van der Waals surface area contributed by atoms with Gasteiger partial charge in [0.1, 0.15) is 11.5 Å². The molecule has 0 fully saturated rings. The lowest BCUT2D eigenvalue weighted by molar-refractivity contribution is 0.0748. The van der Waals surface area contributed by atoms with Gasteiger partial charge in [0, 0.05) is 32.7 Å². The molecule has 6 nitrogen and oxygen atoms in total. The van der Waals surface area contributed by atoms with Crippen LogP contribution in [0.5, 0.6) is 11.5 Å². The highest BCUT2D eigenvalue weighted by molar-refractivity contribution is 6.03. The van der Waals surface area contributed by atoms with Crippen molar-refractivity contribution in [1.82, 2.24) is 9.80 Å². The van der Waals surface area contributed by atoms with Crippen molar-refractivity contribution >= 4 is 11.8 Å². The zero-order valence-electron chi connectivity index (χ0n) is 18.9. The number of carbonyl (C=O) groups is 2. The molecule has 0 unspecified atom stereocenters. The van der Waals surface area contributed by atoms with Crippen LogP contribution >= 0.6 is 0 Å². The lowest BCUT2D eigenvalue weighted by Crippen LogP contribution is -2.29. The van der Waals surface area contributed by atoms with Crippen molar-refractivity contribution in [3.8, 4) is 22.6 Å². The summed E-state index contributed by atoms with van der Waals surface area (Å²) in [6.45, 7) is 3.41. The molecule has 2 N–H and O–H groups in total. The van der Waals surface area contributed by atoms with Gasteiger partial charge in [-0.1, -0.05) is 55.8 Å². The van der Waals surface area contributed by atoms with E-state index in [4.69, 9.17) is 0 Å². The number of nitrogens with zero attached hydrogens (tertiary/aromatic N) is 2. The van der Waals surface area contributed by atoms with Crippen LogP contribution in [0, 0.1) is 0 Å². The monoisotopic (exact) mass is 444 g/mol. The van der Waals surface area contributed by atoms with Crippen LogP contribution in [0.2, 0.25) is 0 Å². The molecule has 6 heteroatoms. The minimum Gasteiger partial charge on any atom is -0.507 e. The number of hydrogen-bond acceptors (Lipinski definition) is 4. The zero-order valence-corrected chi connectivity index (χ0v) is 18.9. The van der Waals surface area contributed by atoms with Gasteiger partial charge in [-0.25, -0.2) is 0 Å². The quantitative estimate of drug-likeness (QED) is 0.573. The Labute approximate surface area is 193 Å². The number of unbranched alkanes of at least 4 members (excludes halogenated alkanes) is 1. The number of fused-ring (bicyclic) bond motifs is 1. The van der Waals surface area contributed by atoms with Crippen molar-refractivity contribution in [2.45, 2.75) is 32.9 Å². The molecular formula is C27H28N2O4. The lowest BCUT2D eigenvalue weighted by atomic mass is 10.0. The summed E-state index contributed by atoms with van der Waals surface area (Å²) >= 11 is 0. The molecule has 3 aromatic rings. The van der Waals surface area contributed by atoms with E-state index in [1.54, 1.807) is 11.9 Å². The van der Waals surface area contributed by atoms with Gasteiger partial charge >= 0.3 is 0 Å². The van der Waals surface area contributed by atoms with Crippen molar-refractivity contribution in [2.75, 3.05) is 13.6 Å². The highest BCUT2D eigenvalue weighted by Crippen LogP contribution is 2.33. The summed E-state index contributed by atoms with van der Waals surface area (Å²) in [6.07, 6.45) is 1.77. The Balaban J connectivity index is 1.57. The third kappa shape index (κ3) is 4.55. The Kier molecular flexibility index (Phi) is 6.36. The van der Waals surface area contributed by atoms with Crippen molar-refractivity contribution in [3.63, 3.8) is 0 Å². The summed E-state index contributed by atoms with van der Waals surface area (Å²) in [5.41, 5.74) is 4.32. The molecule has 0 saturated carbocycles. The van der Waals surface area contributed by atoms with E-state index in [1.165, 1.54) is 11.0 Å². The van der Waals surface area contributed by atoms with Crippen LogP contribution in [-0.2, 0) is 13.1 Å². The molecule has 3 aromatic carbocycles. The molecule has 4 rings (SSSR count). The van der Waals surface area contributed by atoms with E-state index in [1.807, 2.05) is 49.4 Å². The van der Waals surface area contributed by atoms with Gasteiger partial charge in [-0.05, 0) is 40.8 Å². The fraction of sp³-hybridized carbons (Fsp3) is 0.259. The largest absolute Gasteiger partial charge is 0.507 e. The summed E-state index contributed by atoms with van der Waals surface area (Å²) in [6, 6.07) is 18.6. The Morgan fingerprint density at radius 1 is 0.879 bits per heavy atom. The molecule has 0 atom stereocenters. The molecular weight excluding hydrogens is 416 g/mol. The van der Waals surface area contributed by atoms with Gasteiger partial charge in [0.15, 0.2) is 0 Å². The van der Waals surface area contributed by atoms with Gasteiger partial charge in [0.05, 0.1) is 11.1 Å². The van der Waals surface area contributed by atoms with E-state index in [2.05, 4.69) is 6.07 Å². The first kappa shape index (κ1) is 22.4. The van der Waals surface area contributed by atoms with Crippen LogP contribution in [0.15, 0.2) is 60.7 Å². The van der Waals surface area contributed by atoms with Gasteiger partial charge < -0.3 is 20.0 Å². The maximum absolute atomic E-state index is 13.3. The van der Waals surface area contributed by atoms with E-state index < -0.39 is 0 Å². The predicted octanol–water partition coefficient (Wildman–Crippen LogP) is 4.79. The van der Waals surface area contributed by atoms with Crippen molar-refractivity contribution in [1.29, 1.82) is 0 Å². The summed E-state index contributed by atoms with van der Waals surface area (Å²) in [7, 11) is 1.66.